The maximum atomic E-state index is 6.38. The molecular formula is C20H38O3. The van der Waals surface area contributed by atoms with Crippen molar-refractivity contribution >= 4 is 0 Å². The molecule has 3 nitrogen and oxygen atoms in total. The molecule has 2 fully saturated rings. The van der Waals surface area contributed by atoms with E-state index < -0.39 is 0 Å². The van der Waals surface area contributed by atoms with Gasteiger partial charge in [0.15, 0.2) is 6.29 Å². The van der Waals surface area contributed by atoms with Gasteiger partial charge < -0.3 is 14.2 Å². The molecule has 1 aliphatic heterocycles. The molecule has 3 heteroatoms. The van der Waals surface area contributed by atoms with Crippen molar-refractivity contribution in [2.75, 3.05) is 13.7 Å². The van der Waals surface area contributed by atoms with Crippen molar-refractivity contribution in [2.45, 2.75) is 85.2 Å². The number of rotatable bonds is 7. The van der Waals surface area contributed by atoms with Crippen LogP contribution in [0.5, 0.6) is 0 Å². The number of hydrogen-bond donors (Lipinski definition) is 0. The lowest BCUT2D eigenvalue weighted by Crippen LogP contribution is -2.50. The molecule has 0 spiro atoms. The van der Waals surface area contributed by atoms with Gasteiger partial charge in [0.05, 0.1) is 12.2 Å². The fourth-order valence-electron chi connectivity index (χ4n) is 4.21. The average Bonchev–Trinajstić information content (AvgIpc) is 2.54. The van der Waals surface area contributed by atoms with Crippen LogP contribution < -0.4 is 0 Å². The molecule has 7 atom stereocenters. The Balaban J connectivity index is 1.83. The Hall–Kier alpha value is -0.120. The zero-order valence-electron chi connectivity index (χ0n) is 16.1. The van der Waals surface area contributed by atoms with E-state index in [-0.39, 0.29) is 6.29 Å². The van der Waals surface area contributed by atoms with Crippen LogP contribution in [-0.4, -0.2) is 32.2 Å². The number of fused-ring (bicyclic) bond motifs is 1. The average molecular weight is 327 g/mol. The van der Waals surface area contributed by atoms with Crippen molar-refractivity contribution in [1.82, 2.24) is 0 Å². The molecule has 23 heavy (non-hydrogen) atoms. The molecule has 0 bridgehead atoms. The van der Waals surface area contributed by atoms with Gasteiger partial charge in [-0.05, 0) is 55.3 Å². The molecule has 2 aliphatic rings. The summed E-state index contributed by atoms with van der Waals surface area (Å²) < 4.78 is 18.0. The van der Waals surface area contributed by atoms with E-state index in [1.807, 2.05) is 0 Å². The van der Waals surface area contributed by atoms with Gasteiger partial charge in [0.1, 0.15) is 0 Å². The van der Waals surface area contributed by atoms with Gasteiger partial charge in [0, 0.05) is 13.7 Å². The molecule has 6 unspecified atom stereocenters. The summed E-state index contributed by atoms with van der Waals surface area (Å²) in [5.74, 6) is 3.20. The van der Waals surface area contributed by atoms with Gasteiger partial charge in [0.2, 0.25) is 0 Å². The summed E-state index contributed by atoms with van der Waals surface area (Å²) in [6.45, 7) is 12.5. The lowest BCUT2D eigenvalue weighted by Gasteiger charge is -2.48. The largest absolute Gasteiger partial charge is 0.378 e. The maximum Gasteiger partial charge on any atom is 0.157 e. The van der Waals surface area contributed by atoms with Crippen molar-refractivity contribution in [3.63, 3.8) is 0 Å². The highest BCUT2D eigenvalue weighted by molar-refractivity contribution is 4.92. The molecule has 0 amide bonds. The first-order valence-corrected chi connectivity index (χ1v) is 9.72. The normalized spacial score (nSPS) is 39.3. The fraction of sp³-hybridized carbons (Fsp3) is 1.00. The van der Waals surface area contributed by atoms with Crippen LogP contribution in [0, 0.1) is 29.6 Å². The molecular weight excluding hydrogens is 288 g/mol. The van der Waals surface area contributed by atoms with Crippen LogP contribution in [0.4, 0.5) is 0 Å². The van der Waals surface area contributed by atoms with E-state index in [4.69, 9.17) is 14.2 Å². The minimum atomic E-state index is -0.000533. The number of hydrogen-bond acceptors (Lipinski definition) is 3. The summed E-state index contributed by atoms with van der Waals surface area (Å²) in [5, 5.41) is 0. The van der Waals surface area contributed by atoms with Crippen LogP contribution in [-0.2, 0) is 14.2 Å². The molecule has 1 saturated carbocycles. The molecule has 136 valence electrons. The minimum absolute atomic E-state index is 0.000533. The van der Waals surface area contributed by atoms with Crippen molar-refractivity contribution in [3.8, 4) is 0 Å². The first-order valence-electron chi connectivity index (χ1n) is 9.72. The quantitative estimate of drug-likeness (QED) is 0.667. The first-order chi connectivity index (χ1) is 10.9. The van der Waals surface area contributed by atoms with Crippen LogP contribution >= 0.6 is 0 Å². The van der Waals surface area contributed by atoms with Gasteiger partial charge in [-0.1, -0.05) is 41.0 Å². The second-order valence-corrected chi connectivity index (χ2v) is 8.51. The lowest BCUT2D eigenvalue weighted by molar-refractivity contribution is -0.236. The maximum absolute atomic E-state index is 6.38. The van der Waals surface area contributed by atoms with E-state index in [2.05, 4.69) is 34.6 Å². The Morgan fingerprint density at radius 3 is 2.43 bits per heavy atom. The molecule has 0 aromatic heterocycles. The van der Waals surface area contributed by atoms with E-state index in [0.29, 0.717) is 35.9 Å². The number of ether oxygens (including phenoxy) is 3. The summed E-state index contributed by atoms with van der Waals surface area (Å²) in [6, 6.07) is 0. The zero-order valence-corrected chi connectivity index (χ0v) is 16.1. The lowest BCUT2D eigenvalue weighted by atomic mass is 9.69. The Bertz CT molecular complexity index is 342. The van der Waals surface area contributed by atoms with Crippen LogP contribution in [0.3, 0.4) is 0 Å². The number of methoxy groups -OCH3 is 1. The van der Waals surface area contributed by atoms with Crippen LogP contribution in [0.15, 0.2) is 0 Å². The van der Waals surface area contributed by atoms with Crippen molar-refractivity contribution < 1.29 is 14.2 Å². The van der Waals surface area contributed by atoms with E-state index in [1.165, 1.54) is 19.3 Å². The predicted octanol–water partition coefficient (Wildman–Crippen LogP) is 4.89. The van der Waals surface area contributed by atoms with Crippen LogP contribution in [0.2, 0.25) is 0 Å². The first kappa shape index (κ1) is 19.2. The van der Waals surface area contributed by atoms with Gasteiger partial charge in [0.25, 0.3) is 0 Å². The highest BCUT2D eigenvalue weighted by Gasteiger charge is 2.44. The zero-order chi connectivity index (χ0) is 17.0. The fourth-order valence-corrected chi connectivity index (χ4v) is 4.21. The second-order valence-electron chi connectivity index (χ2n) is 8.51. The van der Waals surface area contributed by atoms with Gasteiger partial charge in [-0.3, -0.25) is 0 Å². The van der Waals surface area contributed by atoms with Gasteiger partial charge in [-0.2, -0.15) is 0 Å². The molecule has 0 aromatic carbocycles. The second kappa shape index (κ2) is 8.82. The van der Waals surface area contributed by atoms with E-state index >= 15 is 0 Å². The molecule has 0 radical (unpaired) electrons. The van der Waals surface area contributed by atoms with Crippen LogP contribution in [0.25, 0.3) is 0 Å². The van der Waals surface area contributed by atoms with Crippen LogP contribution in [0.1, 0.15) is 66.7 Å². The van der Waals surface area contributed by atoms with Crippen molar-refractivity contribution in [2.24, 2.45) is 29.6 Å². The minimum Gasteiger partial charge on any atom is -0.378 e. The SMILES string of the molecule is COC1CCC2CC(OC[C@@H](C)CCC(C)C)C(C)C(C)C2O1. The monoisotopic (exact) mass is 326 g/mol. The highest BCUT2D eigenvalue weighted by Crippen LogP contribution is 2.43. The van der Waals surface area contributed by atoms with Crippen molar-refractivity contribution in [1.29, 1.82) is 0 Å². The highest BCUT2D eigenvalue weighted by atomic mass is 16.7. The van der Waals surface area contributed by atoms with Gasteiger partial charge >= 0.3 is 0 Å². The summed E-state index contributed by atoms with van der Waals surface area (Å²) in [4.78, 5) is 0. The standard InChI is InChI=1S/C20H38O3/c1-13(2)7-8-14(3)12-22-18-11-17-9-10-19(21-6)23-20(17)16(5)15(18)4/h13-20H,7-12H2,1-6H3/t14-,15?,16?,17?,18?,19?,20?/m0/s1. The molecule has 1 heterocycles. The molecule has 2 rings (SSSR count). The van der Waals surface area contributed by atoms with Crippen molar-refractivity contribution in [3.05, 3.63) is 0 Å². The van der Waals surface area contributed by atoms with Gasteiger partial charge in [-0.25, -0.2) is 0 Å². The molecule has 0 N–H and O–H groups in total. The van der Waals surface area contributed by atoms with Gasteiger partial charge in [-0.15, -0.1) is 0 Å². The third-order valence-electron chi connectivity index (χ3n) is 6.11. The molecule has 1 saturated heterocycles. The Kier molecular flexibility index (Phi) is 7.37. The van der Waals surface area contributed by atoms with E-state index in [0.717, 1.165) is 25.4 Å². The topological polar surface area (TPSA) is 27.7 Å². The Labute approximate surface area is 143 Å². The third kappa shape index (κ3) is 5.17. The summed E-state index contributed by atoms with van der Waals surface area (Å²) in [7, 11) is 1.76. The van der Waals surface area contributed by atoms with E-state index in [1.54, 1.807) is 7.11 Å². The Morgan fingerprint density at radius 1 is 1.04 bits per heavy atom. The van der Waals surface area contributed by atoms with E-state index in [9.17, 15) is 0 Å². The molecule has 0 aromatic rings. The Morgan fingerprint density at radius 2 is 1.78 bits per heavy atom. The predicted molar refractivity (Wildman–Crippen MR) is 94.3 cm³/mol. The smallest absolute Gasteiger partial charge is 0.157 e. The third-order valence-corrected chi connectivity index (χ3v) is 6.11. The summed E-state index contributed by atoms with van der Waals surface area (Å²) >= 11 is 0. The molecule has 1 aliphatic carbocycles. The summed E-state index contributed by atoms with van der Waals surface area (Å²) in [5.41, 5.74) is 0. The summed E-state index contributed by atoms with van der Waals surface area (Å²) in [6.07, 6.45) is 6.72.